The van der Waals surface area contributed by atoms with Crippen LogP contribution in [0, 0.1) is 5.92 Å². The van der Waals surface area contributed by atoms with Crippen molar-refractivity contribution >= 4 is 48.9 Å². The van der Waals surface area contributed by atoms with Crippen molar-refractivity contribution in [1.29, 1.82) is 0 Å². The van der Waals surface area contributed by atoms with Gasteiger partial charge in [0, 0.05) is 17.5 Å². The monoisotopic (exact) mass is 415 g/mol. The second-order valence-corrected chi connectivity index (χ2v) is 10.0. The molecular formula is C14H23BrClNO2S2. The van der Waals surface area contributed by atoms with Gasteiger partial charge in [0.1, 0.15) is 4.90 Å². The molecule has 0 aliphatic rings. The first-order valence-corrected chi connectivity index (χ1v) is 10.7. The van der Waals surface area contributed by atoms with Crippen molar-refractivity contribution in [1.82, 2.24) is 4.31 Å². The number of sulfonamides is 1. The summed E-state index contributed by atoms with van der Waals surface area (Å²) in [5, 5.41) is 0. The van der Waals surface area contributed by atoms with Crippen molar-refractivity contribution in [2.24, 2.45) is 5.92 Å². The lowest BCUT2D eigenvalue weighted by atomic mass is 10.1. The van der Waals surface area contributed by atoms with E-state index in [-0.39, 0.29) is 12.0 Å². The Morgan fingerprint density at radius 2 is 1.90 bits per heavy atom. The third kappa shape index (κ3) is 4.67. The summed E-state index contributed by atoms with van der Waals surface area (Å²) >= 11 is 10.6. The van der Waals surface area contributed by atoms with Gasteiger partial charge in [-0.3, -0.25) is 0 Å². The van der Waals surface area contributed by atoms with Crippen LogP contribution in [0.5, 0.6) is 0 Å². The molecule has 1 heterocycles. The van der Waals surface area contributed by atoms with Crippen molar-refractivity contribution in [3.8, 4) is 0 Å². The van der Waals surface area contributed by atoms with Gasteiger partial charge in [-0.25, -0.2) is 8.42 Å². The fraction of sp³-hybridized carbons (Fsp3) is 0.714. The average molecular weight is 417 g/mol. The molecule has 0 spiro atoms. The Labute approximate surface area is 145 Å². The van der Waals surface area contributed by atoms with Gasteiger partial charge in [-0.2, -0.15) is 4.31 Å². The van der Waals surface area contributed by atoms with E-state index in [0.717, 1.165) is 17.7 Å². The predicted octanol–water partition coefficient (Wildman–Crippen LogP) is 5.08. The molecule has 1 aromatic heterocycles. The minimum absolute atomic E-state index is 0.0312. The molecule has 0 fully saturated rings. The van der Waals surface area contributed by atoms with Gasteiger partial charge >= 0.3 is 0 Å². The van der Waals surface area contributed by atoms with E-state index in [4.69, 9.17) is 11.6 Å². The zero-order valence-corrected chi connectivity index (χ0v) is 16.9. The topological polar surface area (TPSA) is 37.4 Å². The molecule has 0 atom stereocenters. The highest BCUT2D eigenvalue weighted by atomic mass is 79.9. The number of thiophene rings is 1. The predicted molar refractivity (Wildman–Crippen MR) is 94.7 cm³/mol. The maximum absolute atomic E-state index is 13.0. The molecule has 122 valence electrons. The summed E-state index contributed by atoms with van der Waals surface area (Å²) in [5.41, 5.74) is 0. The second-order valence-electron chi connectivity index (χ2n) is 5.42. The number of alkyl halides is 1. The maximum Gasteiger partial charge on any atom is 0.245 e. The van der Waals surface area contributed by atoms with E-state index < -0.39 is 10.0 Å². The largest absolute Gasteiger partial charge is 0.245 e. The molecule has 0 bridgehead atoms. The van der Waals surface area contributed by atoms with Crippen LogP contribution in [0.3, 0.4) is 0 Å². The Morgan fingerprint density at radius 1 is 1.33 bits per heavy atom. The zero-order valence-electron chi connectivity index (χ0n) is 12.9. The van der Waals surface area contributed by atoms with Crippen molar-refractivity contribution < 1.29 is 8.42 Å². The smallest absolute Gasteiger partial charge is 0.207 e. The minimum Gasteiger partial charge on any atom is -0.207 e. The molecule has 0 saturated heterocycles. The Balaban J connectivity index is 3.28. The van der Waals surface area contributed by atoms with E-state index in [1.54, 1.807) is 10.4 Å². The van der Waals surface area contributed by atoms with Crippen LogP contribution in [0.25, 0.3) is 0 Å². The Bertz CT molecular complexity index is 553. The third-order valence-corrected chi connectivity index (χ3v) is 7.94. The quantitative estimate of drug-likeness (QED) is 0.554. The van der Waals surface area contributed by atoms with E-state index in [2.05, 4.69) is 15.9 Å². The van der Waals surface area contributed by atoms with Crippen LogP contribution >= 0.6 is 38.9 Å². The third-order valence-electron chi connectivity index (χ3n) is 3.32. The Hall–Kier alpha value is 0.380. The van der Waals surface area contributed by atoms with Crippen LogP contribution in [0.15, 0.2) is 14.7 Å². The molecule has 0 aliphatic heterocycles. The number of rotatable bonds is 8. The summed E-state index contributed by atoms with van der Waals surface area (Å²) in [6, 6.07) is 1.72. The summed E-state index contributed by atoms with van der Waals surface area (Å²) in [6.07, 6.45) is 1.62. The SMILES string of the molecule is CCC(CC)N(CC(C)C)S(=O)(=O)c1cc(CCl)sc1Br. The van der Waals surface area contributed by atoms with Crippen LogP contribution in [-0.4, -0.2) is 25.3 Å². The van der Waals surface area contributed by atoms with Gasteiger partial charge in [0.2, 0.25) is 10.0 Å². The molecule has 1 aromatic rings. The molecule has 0 aliphatic carbocycles. The molecule has 3 nitrogen and oxygen atoms in total. The van der Waals surface area contributed by atoms with Gasteiger partial charge in [0.25, 0.3) is 0 Å². The maximum atomic E-state index is 13.0. The molecular weight excluding hydrogens is 394 g/mol. The van der Waals surface area contributed by atoms with Crippen LogP contribution in [-0.2, 0) is 15.9 Å². The van der Waals surface area contributed by atoms with Crippen molar-refractivity contribution in [3.05, 3.63) is 14.7 Å². The van der Waals surface area contributed by atoms with Gasteiger partial charge in [-0.15, -0.1) is 22.9 Å². The summed E-state index contributed by atoms with van der Waals surface area (Å²) in [6.45, 7) is 8.68. The van der Waals surface area contributed by atoms with E-state index in [0.29, 0.717) is 21.1 Å². The summed E-state index contributed by atoms with van der Waals surface area (Å²) in [7, 11) is -3.50. The molecule has 0 saturated carbocycles. The molecule has 0 N–H and O–H groups in total. The van der Waals surface area contributed by atoms with Gasteiger partial charge in [-0.05, 0) is 40.8 Å². The number of hydrogen-bond donors (Lipinski definition) is 0. The lowest BCUT2D eigenvalue weighted by molar-refractivity contribution is 0.277. The first-order valence-electron chi connectivity index (χ1n) is 7.13. The van der Waals surface area contributed by atoms with Crippen LogP contribution in [0.4, 0.5) is 0 Å². The minimum atomic E-state index is -3.50. The van der Waals surface area contributed by atoms with Crippen molar-refractivity contribution in [3.63, 3.8) is 0 Å². The standard InChI is InChI=1S/C14H23BrClNO2S2/c1-5-11(6-2)17(9-10(3)4)21(18,19)13-7-12(8-16)20-14(13)15/h7,10-11H,5-6,8-9H2,1-4H3. The van der Waals surface area contributed by atoms with Crippen molar-refractivity contribution in [2.45, 2.75) is 57.4 Å². The molecule has 0 aromatic carbocycles. The van der Waals surface area contributed by atoms with E-state index in [1.807, 2.05) is 27.7 Å². The number of nitrogens with zero attached hydrogens (tertiary/aromatic N) is 1. The van der Waals surface area contributed by atoms with Crippen LogP contribution in [0.2, 0.25) is 0 Å². The van der Waals surface area contributed by atoms with Gasteiger partial charge < -0.3 is 0 Å². The van der Waals surface area contributed by atoms with Gasteiger partial charge in [-0.1, -0.05) is 27.7 Å². The second kappa shape index (κ2) is 8.29. The van der Waals surface area contributed by atoms with E-state index in [1.165, 1.54) is 11.3 Å². The first-order chi connectivity index (χ1) is 9.77. The Kier molecular flexibility index (Phi) is 7.67. The highest BCUT2D eigenvalue weighted by Crippen LogP contribution is 2.35. The lowest BCUT2D eigenvalue weighted by Crippen LogP contribution is -2.41. The van der Waals surface area contributed by atoms with E-state index in [9.17, 15) is 8.42 Å². The highest BCUT2D eigenvalue weighted by molar-refractivity contribution is 9.11. The van der Waals surface area contributed by atoms with E-state index >= 15 is 0 Å². The molecule has 0 radical (unpaired) electrons. The van der Waals surface area contributed by atoms with Gasteiger partial charge in [0.05, 0.1) is 9.67 Å². The fourth-order valence-corrected chi connectivity index (χ4v) is 6.93. The normalized spacial score (nSPS) is 12.8. The van der Waals surface area contributed by atoms with Crippen LogP contribution in [0.1, 0.15) is 45.4 Å². The number of hydrogen-bond acceptors (Lipinski definition) is 3. The summed E-state index contributed by atoms with van der Waals surface area (Å²) in [4.78, 5) is 1.20. The first kappa shape index (κ1) is 19.4. The fourth-order valence-electron chi connectivity index (χ4n) is 2.27. The number of halogens is 2. The summed E-state index contributed by atoms with van der Waals surface area (Å²) in [5.74, 6) is 0.610. The van der Waals surface area contributed by atoms with Gasteiger partial charge in [0.15, 0.2) is 0 Å². The lowest BCUT2D eigenvalue weighted by Gasteiger charge is -2.30. The highest BCUT2D eigenvalue weighted by Gasteiger charge is 2.32. The van der Waals surface area contributed by atoms with Crippen LogP contribution < -0.4 is 0 Å². The molecule has 21 heavy (non-hydrogen) atoms. The molecule has 0 amide bonds. The summed E-state index contributed by atoms with van der Waals surface area (Å²) < 4.78 is 28.4. The average Bonchev–Trinajstić information content (AvgIpc) is 2.80. The Morgan fingerprint density at radius 3 is 2.29 bits per heavy atom. The zero-order chi connectivity index (χ0) is 16.2. The molecule has 0 unspecified atom stereocenters. The molecule has 7 heteroatoms. The molecule has 1 rings (SSSR count). The van der Waals surface area contributed by atoms with Crippen molar-refractivity contribution in [2.75, 3.05) is 6.54 Å².